The van der Waals surface area contributed by atoms with Gasteiger partial charge >= 0.3 is 6.03 Å². The molecule has 0 bridgehead atoms. The summed E-state index contributed by atoms with van der Waals surface area (Å²) in [5.41, 5.74) is 0. The smallest absolute Gasteiger partial charge is 0.277 e. The van der Waals surface area contributed by atoms with Crippen molar-refractivity contribution in [2.45, 2.75) is 52.9 Å². The molecule has 1 heterocycles. The first kappa shape index (κ1) is 16.0. The van der Waals surface area contributed by atoms with Gasteiger partial charge in [0, 0.05) is 6.54 Å². The Kier molecular flexibility index (Phi) is 5.01. The minimum Gasteiger partial charge on any atom is -0.277 e. The van der Waals surface area contributed by atoms with Crippen molar-refractivity contribution in [1.29, 1.82) is 0 Å². The molecule has 118 valence electrons. The van der Waals surface area contributed by atoms with Crippen LogP contribution in [0.5, 0.6) is 0 Å². The van der Waals surface area contributed by atoms with Gasteiger partial charge in [0.1, 0.15) is 5.92 Å². The maximum Gasteiger partial charge on any atom is 0.330 e. The highest BCUT2D eigenvalue weighted by atomic mass is 16.2. The minimum absolute atomic E-state index is 0.0946. The van der Waals surface area contributed by atoms with Crippen molar-refractivity contribution in [3.8, 4) is 0 Å². The van der Waals surface area contributed by atoms with Crippen molar-refractivity contribution in [3.05, 3.63) is 0 Å². The highest BCUT2D eigenvalue weighted by Crippen LogP contribution is 2.31. The maximum absolute atomic E-state index is 12.4. The van der Waals surface area contributed by atoms with E-state index in [1.807, 2.05) is 13.8 Å². The number of nitrogens with zero attached hydrogens (tertiary/aromatic N) is 1. The molecule has 5 heteroatoms. The molecular weight excluding hydrogens is 268 g/mol. The third-order valence-electron chi connectivity index (χ3n) is 4.76. The molecule has 1 aliphatic heterocycles. The van der Waals surface area contributed by atoms with Gasteiger partial charge in [0.05, 0.1) is 0 Å². The minimum atomic E-state index is -0.729. The van der Waals surface area contributed by atoms with Crippen LogP contribution in [0.1, 0.15) is 52.9 Å². The lowest BCUT2D eigenvalue weighted by atomic mass is 9.80. The first-order valence-corrected chi connectivity index (χ1v) is 8.06. The van der Waals surface area contributed by atoms with Gasteiger partial charge in [-0.05, 0) is 30.6 Å². The van der Waals surface area contributed by atoms with Crippen molar-refractivity contribution in [2.75, 3.05) is 6.54 Å². The van der Waals surface area contributed by atoms with Gasteiger partial charge in [-0.2, -0.15) is 0 Å². The molecule has 3 atom stereocenters. The predicted octanol–water partition coefficient (Wildman–Crippen LogP) is 2.55. The van der Waals surface area contributed by atoms with Crippen LogP contribution in [0.25, 0.3) is 0 Å². The van der Waals surface area contributed by atoms with E-state index in [0.29, 0.717) is 12.5 Å². The molecule has 1 N–H and O–H groups in total. The molecule has 4 amide bonds. The van der Waals surface area contributed by atoms with E-state index in [1.54, 1.807) is 0 Å². The Morgan fingerprint density at radius 3 is 2.57 bits per heavy atom. The number of hydrogen-bond donors (Lipinski definition) is 1. The summed E-state index contributed by atoms with van der Waals surface area (Å²) in [7, 11) is 0. The molecule has 0 radical (unpaired) electrons. The van der Waals surface area contributed by atoms with Gasteiger partial charge in [0.25, 0.3) is 0 Å². The summed E-state index contributed by atoms with van der Waals surface area (Å²) in [6.07, 6.45) is 5.72. The number of carbonyl (C=O) groups is 3. The van der Waals surface area contributed by atoms with E-state index in [-0.39, 0.29) is 11.8 Å². The van der Waals surface area contributed by atoms with Gasteiger partial charge < -0.3 is 0 Å². The molecule has 5 nitrogen and oxygen atoms in total. The van der Waals surface area contributed by atoms with Crippen LogP contribution in [-0.4, -0.2) is 29.3 Å². The van der Waals surface area contributed by atoms with Gasteiger partial charge in [0.2, 0.25) is 11.8 Å². The zero-order valence-corrected chi connectivity index (χ0v) is 13.2. The summed E-state index contributed by atoms with van der Waals surface area (Å²) in [5, 5.41) is 2.31. The van der Waals surface area contributed by atoms with Gasteiger partial charge in [-0.25, -0.2) is 4.79 Å². The Morgan fingerprint density at radius 1 is 1.24 bits per heavy atom. The Bertz CT molecular complexity index is 433. The fourth-order valence-electron chi connectivity index (χ4n) is 3.56. The number of hydrogen-bond acceptors (Lipinski definition) is 3. The number of urea groups is 1. The average molecular weight is 294 g/mol. The molecule has 2 fully saturated rings. The molecule has 1 saturated heterocycles. The van der Waals surface area contributed by atoms with E-state index < -0.39 is 17.9 Å². The molecule has 2 aliphatic rings. The lowest BCUT2D eigenvalue weighted by Crippen LogP contribution is -2.59. The van der Waals surface area contributed by atoms with E-state index in [0.717, 1.165) is 12.3 Å². The summed E-state index contributed by atoms with van der Waals surface area (Å²) in [5.74, 6) is -0.287. The van der Waals surface area contributed by atoms with E-state index in [9.17, 15) is 14.4 Å². The predicted molar refractivity (Wildman–Crippen MR) is 79.3 cm³/mol. The Balaban J connectivity index is 1.96. The summed E-state index contributed by atoms with van der Waals surface area (Å²) in [6, 6.07) is -0.550. The Labute approximate surface area is 126 Å². The fourth-order valence-corrected chi connectivity index (χ4v) is 3.56. The maximum atomic E-state index is 12.4. The second-order valence-electron chi connectivity index (χ2n) is 6.93. The molecule has 0 spiro atoms. The van der Waals surface area contributed by atoms with Crippen molar-refractivity contribution in [3.63, 3.8) is 0 Å². The number of nitrogens with one attached hydrogen (secondary N) is 1. The Morgan fingerprint density at radius 2 is 1.95 bits per heavy atom. The molecule has 21 heavy (non-hydrogen) atoms. The average Bonchev–Trinajstić information content (AvgIpc) is 2.37. The summed E-state index contributed by atoms with van der Waals surface area (Å²) >= 11 is 0. The molecule has 0 aromatic carbocycles. The second kappa shape index (κ2) is 6.58. The van der Waals surface area contributed by atoms with Crippen LogP contribution < -0.4 is 5.32 Å². The number of barbiturate groups is 1. The molecule has 2 rings (SSSR count). The normalized spacial score (nSPS) is 30.8. The summed E-state index contributed by atoms with van der Waals surface area (Å²) < 4.78 is 0. The standard InChI is InChI=1S/C16H26N2O3/c1-10(2)13-14(19)17-16(21)18(15(13)20)8-7-12-6-4-5-11(3)9-12/h10-13H,4-9H2,1-3H3,(H,17,19,21). The molecule has 0 aromatic rings. The lowest BCUT2D eigenvalue weighted by molar-refractivity contribution is -0.144. The third-order valence-corrected chi connectivity index (χ3v) is 4.76. The van der Waals surface area contributed by atoms with E-state index in [1.165, 1.54) is 30.6 Å². The first-order chi connectivity index (χ1) is 9.90. The monoisotopic (exact) mass is 294 g/mol. The van der Waals surface area contributed by atoms with Crippen LogP contribution in [0.15, 0.2) is 0 Å². The van der Waals surface area contributed by atoms with Crippen LogP contribution in [0.4, 0.5) is 4.79 Å². The van der Waals surface area contributed by atoms with Crippen molar-refractivity contribution < 1.29 is 14.4 Å². The molecule has 1 saturated carbocycles. The van der Waals surface area contributed by atoms with Crippen LogP contribution in [0.3, 0.4) is 0 Å². The first-order valence-electron chi connectivity index (χ1n) is 8.06. The van der Waals surface area contributed by atoms with Gasteiger partial charge in [-0.3, -0.25) is 19.8 Å². The van der Waals surface area contributed by atoms with Crippen molar-refractivity contribution in [2.24, 2.45) is 23.7 Å². The van der Waals surface area contributed by atoms with Gasteiger partial charge in [0.15, 0.2) is 0 Å². The highest BCUT2D eigenvalue weighted by molar-refractivity contribution is 6.16. The SMILES string of the molecule is CC1CCCC(CCN2C(=O)NC(=O)C(C(C)C)C2=O)C1. The van der Waals surface area contributed by atoms with Crippen molar-refractivity contribution >= 4 is 17.8 Å². The third kappa shape index (κ3) is 3.63. The highest BCUT2D eigenvalue weighted by Gasteiger charge is 2.41. The molecule has 1 aliphatic carbocycles. The number of carbonyl (C=O) groups excluding carboxylic acids is 3. The van der Waals surface area contributed by atoms with E-state index in [4.69, 9.17) is 0 Å². The van der Waals surface area contributed by atoms with Gasteiger partial charge in [-0.1, -0.05) is 40.0 Å². The van der Waals surface area contributed by atoms with Gasteiger partial charge in [-0.15, -0.1) is 0 Å². The quantitative estimate of drug-likeness (QED) is 0.810. The number of rotatable bonds is 4. The topological polar surface area (TPSA) is 66.5 Å². The fraction of sp³-hybridized carbons (Fsp3) is 0.812. The van der Waals surface area contributed by atoms with Crippen LogP contribution >= 0.6 is 0 Å². The number of amides is 4. The zero-order chi connectivity index (χ0) is 15.6. The summed E-state index contributed by atoms with van der Waals surface area (Å²) in [4.78, 5) is 37.3. The lowest BCUT2D eigenvalue weighted by Gasteiger charge is -2.33. The summed E-state index contributed by atoms with van der Waals surface area (Å²) in [6.45, 7) is 6.36. The van der Waals surface area contributed by atoms with Crippen molar-refractivity contribution in [1.82, 2.24) is 10.2 Å². The number of imide groups is 2. The van der Waals surface area contributed by atoms with Crippen LogP contribution in [0, 0.1) is 23.7 Å². The molecule has 3 unspecified atom stereocenters. The zero-order valence-electron chi connectivity index (χ0n) is 13.2. The Hall–Kier alpha value is -1.39. The van der Waals surface area contributed by atoms with E-state index in [2.05, 4.69) is 12.2 Å². The van der Waals surface area contributed by atoms with Crippen LogP contribution in [-0.2, 0) is 9.59 Å². The largest absolute Gasteiger partial charge is 0.330 e. The molecule has 0 aromatic heterocycles. The van der Waals surface area contributed by atoms with E-state index >= 15 is 0 Å². The van der Waals surface area contributed by atoms with Crippen LogP contribution in [0.2, 0.25) is 0 Å². The molecular formula is C16H26N2O3. The second-order valence-corrected chi connectivity index (χ2v) is 6.93.